The predicted molar refractivity (Wildman–Crippen MR) is 105 cm³/mol. The van der Waals surface area contributed by atoms with Crippen molar-refractivity contribution in [1.29, 1.82) is 0 Å². The number of hydrogen-bond acceptors (Lipinski definition) is 3. The maximum absolute atomic E-state index is 12.9. The summed E-state index contributed by atoms with van der Waals surface area (Å²) in [6.45, 7) is 0.142. The van der Waals surface area contributed by atoms with Gasteiger partial charge in [-0.3, -0.25) is 9.59 Å². The summed E-state index contributed by atoms with van der Waals surface area (Å²) >= 11 is 0. The number of para-hydroxylation sites is 1. The summed E-state index contributed by atoms with van der Waals surface area (Å²) in [5.41, 5.74) is 2.93. The zero-order valence-corrected chi connectivity index (χ0v) is 15.2. The standard InChI is InChI=1S/C23H20FNO3/c24-20-13-8-17(9-14-20)10-15-22(26)28-16-18-6-11-19(12-7-18)23(27)25-21-4-2-1-3-5-21/h1-9,11-14H,10,15-16H2,(H,25,27). The highest BCUT2D eigenvalue weighted by molar-refractivity contribution is 6.04. The van der Waals surface area contributed by atoms with Crippen LogP contribution < -0.4 is 5.32 Å². The van der Waals surface area contributed by atoms with Crippen molar-refractivity contribution in [2.24, 2.45) is 0 Å². The monoisotopic (exact) mass is 377 g/mol. The molecule has 0 atom stereocenters. The van der Waals surface area contributed by atoms with Crippen molar-refractivity contribution in [1.82, 2.24) is 0 Å². The lowest BCUT2D eigenvalue weighted by atomic mass is 10.1. The Balaban J connectivity index is 1.45. The number of ether oxygens (including phenoxy) is 1. The average molecular weight is 377 g/mol. The van der Waals surface area contributed by atoms with Gasteiger partial charge >= 0.3 is 5.97 Å². The Kier molecular flexibility index (Phi) is 6.52. The van der Waals surface area contributed by atoms with E-state index in [2.05, 4.69) is 5.32 Å². The van der Waals surface area contributed by atoms with Gasteiger partial charge in [-0.1, -0.05) is 42.5 Å². The fourth-order valence-corrected chi connectivity index (χ4v) is 2.61. The van der Waals surface area contributed by atoms with Gasteiger partial charge in [-0.25, -0.2) is 4.39 Å². The summed E-state index contributed by atoms with van der Waals surface area (Å²) in [7, 11) is 0. The highest BCUT2D eigenvalue weighted by Gasteiger charge is 2.08. The lowest BCUT2D eigenvalue weighted by Crippen LogP contribution is -2.12. The van der Waals surface area contributed by atoms with Gasteiger partial charge in [0.1, 0.15) is 12.4 Å². The second kappa shape index (κ2) is 9.46. The summed E-state index contributed by atoms with van der Waals surface area (Å²) in [4.78, 5) is 24.1. The lowest BCUT2D eigenvalue weighted by Gasteiger charge is -2.07. The quantitative estimate of drug-likeness (QED) is 0.604. The van der Waals surface area contributed by atoms with Crippen molar-refractivity contribution in [3.8, 4) is 0 Å². The lowest BCUT2D eigenvalue weighted by molar-refractivity contribution is -0.144. The molecule has 0 aliphatic heterocycles. The predicted octanol–water partition coefficient (Wildman–Crippen LogP) is 4.75. The number of carbonyl (C=O) groups excluding carboxylic acids is 2. The number of anilines is 1. The number of rotatable bonds is 7. The van der Waals surface area contributed by atoms with Gasteiger partial charge in [-0.05, 0) is 53.9 Å². The van der Waals surface area contributed by atoms with Crippen LogP contribution in [-0.4, -0.2) is 11.9 Å². The van der Waals surface area contributed by atoms with Gasteiger partial charge in [-0.15, -0.1) is 0 Å². The van der Waals surface area contributed by atoms with Crippen LogP contribution in [0, 0.1) is 5.82 Å². The van der Waals surface area contributed by atoms with E-state index in [4.69, 9.17) is 4.74 Å². The van der Waals surface area contributed by atoms with Crippen LogP contribution in [-0.2, 0) is 22.6 Å². The molecular formula is C23H20FNO3. The van der Waals surface area contributed by atoms with E-state index in [1.807, 2.05) is 30.3 Å². The minimum atomic E-state index is -0.324. The Morgan fingerprint density at radius 3 is 2.14 bits per heavy atom. The summed E-state index contributed by atoms with van der Waals surface area (Å²) in [6.07, 6.45) is 0.723. The highest BCUT2D eigenvalue weighted by atomic mass is 19.1. The molecule has 0 unspecified atom stereocenters. The van der Waals surface area contributed by atoms with Crippen LogP contribution >= 0.6 is 0 Å². The SMILES string of the molecule is O=C(CCc1ccc(F)cc1)OCc1ccc(C(=O)Nc2ccccc2)cc1. The summed E-state index contributed by atoms with van der Waals surface area (Å²) in [5.74, 6) is -0.823. The number of esters is 1. The molecule has 0 aliphatic rings. The van der Waals surface area contributed by atoms with Gasteiger partial charge < -0.3 is 10.1 Å². The van der Waals surface area contributed by atoms with E-state index >= 15 is 0 Å². The molecular weight excluding hydrogens is 357 g/mol. The molecule has 3 rings (SSSR count). The van der Waals surface area contributed by atoms with Gasteiger partial charge in [-0.2, -0.15) is 0 Å². The van der Waals surface area contributed by atoms with Crippen molar-refractivity contribution in [2.75, 3.05) is 5.32 Å². The number of hydrogen-bond donors (Lipinski definition) is 1. The minimum Gasteiger partial charge on any atom is -0.461 e. The molecule has 0 aliphatic carbocycles. The van der Waals surface area contributed by atoms with Crippen LogP contribution in [0.5, 0.6) is 0 Å². The molecule has 0 spiro atoms. The van der Waals surface area contributed by atoms with Crippen LogP contribution in [0.25, 0.3) is 0 Å². The first-order chi connectivity index (χ1) is 13.6. The van der Waals surface area contributed by atoms with Gasteiger partial charge in [0.15, 0.2) is 0 Å². The zero-order chi connectivity index (χ0) is 19.8. The second-order valence-corrected chi connectivity index (χ2v) is 6.30. The highest BCUT2D eigenvalue weighted by Crippen LogP contribution is 2.11. The molecule has 28 heavy (non-hydrogen) atoms. The van der Waals surface area contributed by atoms with E-state index in [1.54, 1.807) is 36.4 Å². The van der Waals surface area contributed by atoms with Gasteiger partial charge in [0.2, 0.25) is 0 Å². The Morgan fingerprint density at radius 1 is 0.821 bits per heavy atom. The normalized spacial score (nSPS) is 10.3. The Bertz CT molecular complexity index is 922. The van der Waals surface area contributed by atoms with Crippen LogP contribution in [0.3, 0.4) is 0 Å². The molecule has 0 saturated heterocycles. The van der Waals surface area contributed by atoms with Crippen LogP contribution in [0.15, 0.2) is 78.9 Å². The molecule has 0 heterocycles. The molecule has 0 fully saturated rings. The van der Waals surface area contributed by atoms with Gasteiger partial charge in [0, 0.05) is 17.7 Å². The largest absolute Gasteiger partial charge is 0.461 e. The van der Waals surface area contributed by atoms with E-state index in [-0.39, 0.29) is 30.7 Å². The molecule has 142 valence electrons. The molecule has 1 N–H and O–H groups in total. The Morgan fingerprint density at radius 2 is 1.46 bits per heavy atom. The smallest absolute Gasteiger partial charge is 0.306 e. The summed E-state index contributed by atoms with van der Waals surface area (Å²) in [6, 6.07) is 22.2. The number of halogens is 1. The number of carbonyl (C=O) groups is 2. The number of aryl methyl sites for hydroxylation is 1. The van der Waals surface area contributed by atoms with E-state index in [0.29, 0.717) is 12.0 Å². The first-order valence-electron chi connectivity index (χ1n) is 8.95. The molecule has 1 amide bonds. The Hall–Kier alpha value is -3.47. The third-order valence-electron chi connectivity index (χ3n) is 4.18. The fraction of sp³-hybridized carbons (Fsp3) is 0.130. The van der Waals surface area contributed by atoms with E-state index in [1.165, 1.54) is 12.1 Å². The third kappa shape index (κ3) is 5.77. The van der Waals surface area contributed by atoms with Crippen molar-refractivity contribution in [2.45, 2.75) is 19.4 Å². The average Bonchev–Trinajstić information content (AvgIpc) is 2.73. The maximum atomic E-state index is 12.9. The number of amides is 1. The molecule has 3 aromatic carbocycles. The first kappa shape index (κ1) is 19.3. The third-order valence-corrected chi connectivity index (χ3v) is 4.18. The van der Waals surface area contributed by atoms with Crippen molar-refractivity contribution in [3.63, 3.8) is 0 Å². The first-order valence-corrected chi connectivity index (χ1v) is 8.95. The van der Waals surface area contributed by atoms with E-state index in [0.717, 1.165) is 16.8 Å². The topological polar surface area (TPSA) is 55.4 Å². The molecule has 0 aromatic heterocycles. The van der Waals surface area contributed by atoms with Gasteiger partial charge in [0.05, 0.1) is 0 Å². The molecule has 0 bridgehead atoms. The van der Waals surface area contributed by atoms with Crippen molar-refractivity contribution in [3.05, 3.63) is 101 Å². The summed E-state index contributed by atoms with van der Waals surface area (Å²) < 4.78 is 18.1. The van der Waals surface area contributed by atoms with Crippen LogP contribution in [0.1, 0.15) is 27.9 Å². The molecule has 0 radical (unpaired) electrons. The van der Waals surface area contributed by atoms with Crippen LogP contribution in [0.4, 0.5) is 10.1 Å². The minimum absolute atomic E-state index is 0.142. The molecule has 4 nitrogen and oxygen atoms in total. The van der Waals surface area contributed by atoms with E-state index in [9.17, 15) is 14.0 Å². The fourth-order valence-electron chi connectivity index (χ4n) is 2.61. The van der Waals surface area contributed by atoms with Crippen LogP contribution in [0.2, 0.25) is 0 Å². The molecule has 5 heteroatoms. The Labute approximate surface area is 163 Å². The van der Waals surface area contributed by atoms with Gasteiger partial charge in [0.25, 0.3) is 5.91 Å². The summed E-state index contributed by atoms with van der Waals surface area (Å²) in [5, 5.41) is 2.82. The van der Waals surface area contributed by atoms with E-state index < -0.39 is 0 Å². The number of nitrogens with one attached hydrogen (secondary N) is 1. The second-order valence-electron chi connectivity index (χ2n) is 6.30. The number of benzene rings is 3. The zero-order valence-electron chi connectivity index (χ0n) is 15.2. The molecule has 3 aromatic rings. The van der Waals surface area contributed by atoms with Crippen molar-refractivity contribution >= 4 is 17.6 Å². The van der Waals surface area contributed by atoms with Crippen molar-refractivity contribution < 1.29 is 18.7 Å². The maximum Gasteiger partial charge on any atom is 0.306 e. The molecule has 0 saturated carbocycles.